The monoisotopic (exact) mass is 422 g/mol. The van der Waals surface area contributed by atoms with E-state index < -0.39 is 10.9 Å². The van der Waals surface area contributed by atoms with Gasteiger partial charge in [0.05, 0.1) is 0 Å². The van der Waals surface area contributed by atoms with Gasteiger partial charge in [0, 0.05) is 27.5 Å². The normalized spacial score (nSPS) is 21.3. The van der Waals surface area contributed by atoms with Gasteiger partial charge in [-0.15, -0.1) is 0 Å². The molecule has 5 nitrogen and oxygen atoms in total. The van der Waals surface area contributed by atoms with Gasteiger partial charge in [-0.1, -0.05) is 18.2 Å². The molecule has 2 unspecified atom stereocenters. The lowest BCUT2D eigenvalue weighted by Crippen LogP contribution is -2.30. The van der Waals surface area contributed by atoms with Crippen LogP contribution in [-0.4, -0.2) is 24.5 Å². The topological polar surface area (TPSA) is 68.2 Å². The molecule has 158 valence electrons. The zero-order chi connectivity index (χ0) is 20.7. The van der Waals surface area contributed by atoms with Gasteiger partial charge in [0.15, 0.2) is 0 Å². The third-order valence-electron chi connectivity index (χ3n) is 6.93. The standard InChI is InChI=1S/C24H30N4OS/c1-28-14-4-9-22(28)16-10-12-19(13-11-16)30(25)27-24(29)26-23-20-7-2-5-17(20)15-18-6-3-8-21(18)23/h10-13,15,22H,2-9,14H2,1H3,(H3,25,26,27,29). The highest BCUT2D eigenvalue weighted by molar-refractivity contribution is 7.84. The average molecular weight is 423 g/mol. The van der Waals surface area contributed by atoms with E-state index in [9.17, 15) is 4.79 Å². The molecule has 2 aromatic rings. The Bertz CT molecular complexity index is 969. The Morgan fingerprint density at radius 1 is 1.03 bits per heavy atom. The van der Waals surface area contributed by atoms with Crippen molar-refractivity contribution in [1.29, 1.82) is 4.78 Å². The molecule has 6 heteroatoms. The molecule has 5 rings (SSSR count). The van der Waals surface area contributed by atoms with Gasteiger partial charge < -0.3 is 5.32 Å². The Morgan fingerprint density at radius 3 is 2.30 bits per heavy atom. The summed E-state index contributed by atoms with van der Waals surface area (Å²) in [7, 11) is 1.09. The minimum absolute atomic E-state index is 0.262. The van der Waals surface area contributed by atoms with Crippen LogP contribution in [0.15, 0.2) is 35.2 Å². The predicted octanol–water partition coefficient (Wildman–Crippen LogP) is 4.91. The molecule has 30 heavy (non-hydrogen) atoms. The second-order valence-corrected chi connectivity index (χ2v) is 10.1. The van der Waals surface area contributed by atoms with Crippen molar-refractivity contribution in [3.05, 3.63) is 58.1 Å². The smallest absolute Gasteiger partial charge is 0.307 e. The first-order valence-corrected chi connectivity index (χ1v) is 12.3. The largest absolute Gasteiger partial charge is 0.330 e. The van der Waals surface area contributed by atoms with E-state index in [0.29, 0.717) is 6.04 Å². The van der Waals surface area contributed by atoms with Crippen molar-refractivity contribution in [3.63, 3.8) is 0 Å². The molecular formula is C24H30N4OS. The minimum atomic E-state index is -1.08. The van der Waals surface area contributed by atoms with E-state index in [2.05, 4.69) is 40.2 Å². The molecule has 0 bridgehead atoms. The van der Waals surface area contributed by atoms with Gasteiger partial charge in [-0.3, -0.25) is 14.4 Å². The number of benzene rings is 2. The van der Waals surface area contributed by atoms with E-state index in [4.69, 9.17) is 4.78 Å². The third kappa shape index (κ3) is 3.67. The number of likely N-dealkylation sites (tertiary alicyclic amines) is 1. The molecule has 2 amide bonds. The molecule has 3 aliphatic rings. The van der Waals surface area contributed by atoms with Crippen molar-refractivity contribution in [2.75, 3.05) is 18.9 Å². The Morgan fingerprint density at radius 2 is 1.70 bits per heavy atom. The van der Waals surface area contributed by atoms with Crippen LogP contribution >= 0.6 is 0 Å². The number of urea groups is 1. The van der Waals surface area contributed by atoms with Gasteiger partial charge in [0.1, 0.15) is 0 Å². The molecule has 0 radical (unpaired) electrons. The van der Waals surface area contributed by atoms with E-state index in [0.717, 1.165) is 42.8 Å². The molecule has 0 aromatic heterocycles. The van der Waals surface area contributed by atoms with Gasteiger partial charge in [-0.2, -0.15) is 0 Å². The van der Waals surface area contributed by atoms with Crippen LogP contribution in [0.3, 0.4) is 0 Å². The van der Waals surface area contributed by atoms with Crippen LogP contribution < -0.4 is 10.0 Å². The van der Waals surface area contributed by atoms with E-state index in [1.165, 1.54) is 53.5 Å². The molecule has 2 atom stereocenters. The van der Waals surface area contributed by atoms with Crippen molar-refractivity contribution < 1.29 is 4.79 Å². The Labute approximate surface area is 181 Å². The molecule has 1 heterocycles. The summed E-state index contributed by atoms with van der Waals surface area (Å²) in [6.45, 7) is 1.14. The van der Waals surface area contributed by atoms with Crippen LogP contribution in [0.2, 0.25) is 0 Å². The van der Waals surface area contributed by atoms with Crippen LogP contribution in [0, 0.1) is 4.78 Å². The van der Waals surface area contributed by atoms with Crippen molar-refractivity contribution in [3.8, 4) is 0 Å². The summed E-state index contributed by atoms with van der Waals surface area (Å²) in [5, 5.41) is 3.14. The fraction of sp³-hybridized carbons (Fsp3) is 0.458. The number of nitrogens with zero attached hydrogens (tertiary/aromatic N) is 1. The number of carbonyl (C=O) groups excluding carboxylic acids is 1. The summed E-state index contributed by atoms with van der Waals surface area (Å²) < 4.78 is 11.3. The number of anilines is 1. The zero-order valence-corrected chi connectivity index (χ0v) is 18.4. The van der Waals surface area contributed by atoms with Gasteiger partial charge >= 0.3 is 6.03 Å². The molecule has 0 saturated carbocycles. The van der Waals surface area contributed by atoms with Gasteiger partial charge in [-0.25, -0.2) is 4.79 Å². The SMILES string of the molecule is CN1CCCC1c1ccc(S(=N)NC(=O)Nc2c3c(cc4c2CCC4)CCC3)cc1. The number of aryl methyl sites for hydroxylation is 2. The molecule has 1 fully saturated rings. The first kappa shape index (κ1) is 19.8. The number of rotatable bonds is 4. The number of carbonyl (C=O) groups is 1. The fourth-order valence-corrected chi connectivity index (χ4v) is 6.18. The van der Waals surface area contributed by atoms with Crippen molar-refractivity contribution >= 4 is 22.6 Å². The molecule has 3 N–H and O–H groups in total. The fourth-order valence-electron chi connectivity index (χ4n) is 5.42. The number of fused-ring (bicyclic) bond motifs is 2. The van der Waals surface area contributed by atoms with Gasteiger partial charge in [0.25, 0.3) is 0 Å². The third-order valence-corrected chi connectivity index (χ3v) is 8.06. The van der Waals surface area contributed by atoms with Crippen LogP contribution in [0.25, 0.3) is 0 Å². The summed E-state index contributed by atoms with van der Waals surface area (Å²) in [5.41, 5.74) is 7.79. The average Bonchev–Trinajstić information content (AvgIpc) is 3.48. The Kier molecular flexibility index (Phi) is 5.37. The van der Waals surface area contributed by atoms with E-state index >= 15 is 0 Å². The van der Waals surface area contributed by atoms with E-state index in [1.807, 2.05) is 12.1 Å². The van der Waals surface area contributed by atoms with Crippen LogP contribution in [0.1, 0.15) is 59.5 Å². The maximum absolute atomic E-state index is 12.8. The second-order valence-electron chi connectivity index (χ2n) is 8.80. The molecular weight excluding hydrogens is 392 g/mol. The zero-order valence-electron chi connectivity index (χ0n) is 17.6. The lowest BCUT2D eigenvalue weighted by molar-refractivity contribution is 0.257. The maximum atomic E-state index is 12.8. The predicted molar refractivity (Wildman–Crippen MR) is 122 cm³/mol. The van der Waals surface area contributed by atoms with Crippen LogP contribution in [0.4, 0.5) is 10.5 Å². The van der Waals surface area contributed by atoms with Crippen LogP contribution in [0.5, 0.6) is 0 Å². The van der Waals surface area contributed by atoms with Gasteiger partial charge in [0.2, 0.25) is 0 Å². The first-order valence-electron chi connectivity index (χ1n) is 11.1. The molecule has 2 aliphatic carbocycles. The molecule has 1 aliphatic heterocycles. The molecule has 0 spiro atoms. The first-order chi connectivity index (χ1) is 14.6. The summed E-state index contributed by atoms with van der Waals surface area (Å²) in [5.74, 6) is 0. The highest BCUT2D eigenvalue weighted by atomic mass is 32.2. The lowest BCUT2D eigenvalue weighted by Gasteiger charge is -2.20. The Balaban J connectivity index is 1.28. The maximum Gasteiger partial charge on any atom is 0.330 e. The Hall–Kier alpha value is -2.18. The van der Waals surface area contributed by atoms with E-state index in [-0.39, 0.29) is 6.03 Å². The second kappa shape index (κ2) is 8.16. The summed E-state index contributed by atoms with van der Waals surface area (Å²) in [6, 6.07) is 10.8. The molecule has 2 aromatic carbocycles. The van der Waals surface area contributed by atoms with Crippen LogP contribution in [-0.2, 0) is 36.6 Å². The van der Waals surface area contributed by atoms with Crippen molar-refractivity contribution in [1.82, 2.24) is 9.62 Å². The van der Waals surface area contributed by atoms with E-state index in [1.54, 1.807) is 0 Å². The number of nitrogens with one attached hydrogen (secondary N) is 3. The quantitative estimate of drug-likeness (QED) is 0.655. The lowest BCUT2D eigenvalue weighted by atomic mass is 9.99. The molecule has 1 saturated heterocycles. The highest BCUT2D eigenvalue weighted by Gasteiger charge is 2.25. The summed E-state index contributed by atoms with van der Waals surface area (Å²) in [4.78, 5) is 16.0. The number of hydrogen-bond acceptors (Lipinski definition) is 3. The van der Waals surface area contributed by atoms with Crippen molar-refractivity contribution in [2.45, 2.75) is 62.3 Å². The highest BCUT2D eigenvalue weighted by Crippen LogP contribution is 2.38. The number of amides is 2. The van der Waals surface area contributed by atoms with Crippen molar-refractivity contribution in [2.24, 2.45) is 0 Å². The summed E-state index contributed by atoms with van der Waals surface area (Å²) >= 11 is 0. The summed E-state index contributed by atoms with van der Waals surface area (Å²) in [6.07, 6.45) is 9.08. The number of hydrogen-bond donors (Lipinski definition) is 3. The minimum Gasteiger partial charge on any atom is -0.307 e. The van der Waals surface area contributed by atoms with Gasteiger partial charge in [-0.05, 0) is 105 Å².